The molecule has 4 N–H and O–H groups in total. The highest BCUT2D eigenvalue weighted by molar-refractivity contribution is 6.01. The lowest BCUT2D eigenvalue weighted by molar-refractivity contribution is -0.247. The third kappa shape index (κ3) is 5.42. The van der Waals surface area contributed by atoms with Crippen LogP contribution >= 0.6 is 0 Å². The third-order valence-electron chi connectivity index (χ3n) is 5.86. The summed E-state index contributed by atoms with van der Waals surface area (Å²) in [6, 6.07) is 8.18. The second-order valence-electron chi connectivity index (χ2n) is 8.01. The van der Waals surface area contributed by atoms with Crippen molar-refractivity contribution in [1.82, 2.24) is 10.2 Å². The van der Waals surface area contributed by atoms with Crippen LogP contribution in [0, 0.1) is 11.3 Å². The van der Waals surface area contributed by atoms with E-state index in [9.17, 15) is 25.4 Å². The number of nitrogens with one attached hydrogen (secondary N) is 1. The molecule has 0 aliphatic carbocycles. The highest BCUT2D eigenvalue weighted by Gasteiger charge is 2.44. The lowest BCUT2D eigenvalue weighted by Gasteiger charge is -2.40. The molecule has 0 saturated carbocycles. The van der Waals surface area contributed by atoms with Gasteiger partial charge in [-0.1, -0.05) is 19.1 Å². The summed E-state index contributed by atoms with van der Waals surface area (Å²) in [6.07, 6.45) is -3.06. The average Bonchev–Trinajstić information content (AvgIpc) is 2.78. The molecule has 2 heterocycles. The van der Waals surface area contributed by atoms with Gasteiger partial charge in [-0.3, -0.25) is 4.79 Å². The number of hydrogen-bond acceptors (Lipinski definition) is 8. The monoisotopic (exact) mass is 430 g/mol. The van der Waals surface area contributed by atoms with Gasteiger partial charge in [-0.15, -0.1) is 0 Å². The molecule has 9 nitrogen and oxygen atoms in total. The van der Waals surface area contributed by atoms with Crippen molar-refractivity contribution in [1.29, 1.82) is 5.26 Å². The predicted molar refractivity (Wildman–Crippen MR) is 115 cm³/mol. The minimum atomic E-state index is -1.49. The normalized spacial score (nSPS) is 30.0. The number of likely N-dealkylation sites (N-methyl/N-ethyl adjacent to an activating group) is 1. The Bertz CT molecular complexity index is 829. The van der Waals surface area contributed by atoms with E-state index in [1.54, 1.807) is 6.92 Å². The van der Waals surface area contributed by atoms with Gasteiger partial charge in [-0.25, -0.2) is 0 Å². The van der Waals surface area contributed by atoms with E-state index in [-0.39, 0.29) is 5.57 Å². The van der Waals surface area contributed by atoms with Gasteiger partial charge in [0.1, 0.15) is 29.9 Å². The maximum atomic E-state index is 12.6. The van der Waals surface area contributed by atoms with Gasteiger partial charge >= 0.3 is 0 Å². The number of anilines is 1. The third-order valence-corrected chi connectivity index (χ3v) is 5.86. The number of piperazine rings is 1. The fraction of sp³-hybridized carbons (Fsp3) is 0.545. The molecule has 2 aliphatic heterocycles. The molecule has 9 heteroatoms. The van der Waals surface area contributed by atoms with Crippen molar-refractivity contribution in [3.63, 3.8) is 0 Å². The van der Waals surface area contributed by atoms with Crippen molar-refractivity contribution in [3.05, 3.63) is 35.4 Å². The first kappa shape index (κ1) is 23.2. The van der Waals surface area contributed by atoms with Crippen LogP contribution in [-0.2, 0) is 9.53 Å². The Morgan fingerprint density at radius 3 is 2.42 bits per heavy atom. The van der Waals surface area contributed by atoms with Crippen LogP contribution in [0.3, 0.4) is 0 Å². The van der Waals surface area contributed by atoms with Gasteiger partial charge in [0.2, 0.25) is 0 Å². The average molecular weight is 431 g/mol. The summed E-state index contributed by atoms with van der Waals surface area (Å²) in [6.45, 7) is 5.62. The fourth-order valence-electron chi connectivity index (χ4n) is 3.83. The molecule has 3 rings (SSSR count). The standard InChI is InChI=1S/C22H30N4O5/c1-3-17-19(27)20(28)18(22(30)31-17)24-21(29)15(13-23)12-14-4-6-16(7-5-14)26-10-8-25(2)9-11-26/h4-7,12,17-20,22,27-28,30H,3,8-11H2,1-2H3,(H,24,29)/b15-12+/t17-,18-,19-,20-,22?/m1/s1. The number of rotatable bonds is 5. The number of amides is 1. The SMILES string of the molecule is CC[C@H]1OC(O)[C@H](NC(=O)/C(C#N)=C/c2ccc(N3CCN(C)CC3)cc2)[C@@H](O)[C@@H]1O. The first-order valence-corrected chi connectivity index (χ1v) is 10.5. The number of carbonyl (C=O) groups is 1. The summed E-state index contributed by atoms with van der Waals surface area (Å²) in [5, 5.41) is 42.3. The topological polar surface area (TPSA) is 129 Å². The lowest BCUT2D eigenvalue weighted by atomic mass is 9.95. The van der Waals surface area contributed by atoms with Gasteiger partial charge in [0.05, 0.1) is 6.10 Å². The Morgan fingerprint density at radius 1 is 1.19 bits per heavy atom. The minimum Gasteiger partial charge on any atom is -0.388 e. The van der Waals surface area contributed by atoms with Crippen LogP contribution < -0.4 is 10.2 Å². The molecule has 168 valence electrons. The number of benzene rings is 1. The van der Waals surface area contributed by atoms with Gasteiger partial charge in [0.25, 0.3) is 5.91 Å². The van der Waals surface area contributed by atoms with Gasteiger partial charge in [-0.05, 0) is 37.2 Å². The highest BCUT2D eigenvalue weighted by Crippen LogP contribution is 2.23. The molecule has 2 aliphatic rings. The van der Waals surface area contributed by atoms with Crippen molar-refractivity contribution in [3.8, 4) is 6.07 Å². The van der Waals surface area contributed by atoms with Gasteiger partial charge in [0, 0.05) is 31.9 Å². The largest absolute Gasteiger partial charge is 0.388 e. The second-order valence-corrected chi connectivity index (χ2v) is 8.01. The van der Waals surface area contributed by atoms with Crippen LogP contribution in [0.2, 0.25) is 0 Å². The summed E-state index contributed by atoms with van der Waals surface area (Å²) < 4.78 is 5.26. The van der Waals surface area contributed by atoms with Crippen molar-refractivity contribution in [2.45, 2.75) is 44.0 Å². The Kier molecular flexibility index (Phi) is 7.64. The number of nitrogens with zero attached hydrogens (tertiary/aromatic N) is 3. The molecular formula is C22H30N4O5. The summed E-state index contributed by atoms with van der Waals surface area (Å²) in [4.78, 5) is 17.1. The molecule has 0 spiro atoms. The molecule has 1 aromatic carbocycles. The number of aliphatic hydroxyl groups excluding tert-OH is 3. The fourth-order valence-corrected chi connectivity index (χ4v) is 3.83. The first-order chi connectivity index (χ1) is 14.8. The zero-order chi connectivity index (χ0) is 22.5. The quantitative estimate of drug-likeness (QED) is 0.370. The van der Waals surface area contributed by atoms with E-state index < -0.39 is 36.6 Å². The predicted octanol–water partition coefficient (Wildman–Crippen LogP) is -0.321. The van der Waals surface area contributed by atoms with E-state index in [1.807, 2.05) is 30.3 Å². The Hall–Kier alpha value is -2.48. The van der Waals surface area contributed by atoms with Crippen LogP contribution in [0.15, 0.2) is 29.8 Å². The van der Waals surface area contributed by atoms with Gasteiger partial charge < -0.3 is 35.2 Å². The number of carbonyl (C=O) groups excluding carboxylic acids is 1. The molecule has 5 atom stereocenters. The number of ether oxygens (including phenoxy) is 1. The Labute approximate surface area is 182 Å². The van der Waals surface area contributed by atoms with E-state index in [2.05, 4.69) is 22.2 Å². The molecule has 0 bridgehead atoms. The van der Waals surface area contributed by atoms with Gasteiger partial charge in [-0.2, -0.15) is 5.26 Å². The molecule has 1 unspecified atom stereocenters. The summed E-state index contributed by atoms with van der Waals surface area (Å²) in [5.41, 5.74) is 1.58. The Morgan fingerprint density at radius 2 is 1.84 bits per heavy atom. The zero-order valence-corrected chi connectivity index (χ0v) is 17.8. The van der Waals surface area contributed by atoms with Crippen LogP contribution in [-0.4, -0.2) is 90.0 Å². The zero-order valence-electron chi connectivity index (χ0n) is 17.8. The lowest BCUT2D eigenvalue weighted by Crippen LogP contribution is -2.63. The van der Waals surface area contributed by atoms with Crippen LogP contribution in [0.25, 0.3) is 6.08 Å². The van der Waals surface area contributed by atoms with Crippen LogP contribution in [0.4, 0.5) is 5.69 Å². The number of hydrogen-bond donors (Lipinski definition) is 4. The highest BCUT2D eigenvalue weighted by atomic mass is 16.6. The maximum Gasteiger partial charge on any atom is 0.262 e. The van der Waals surface area contributed by atoms with E-state index >= 15 is 0 Å². The van der Waals surface area contributed by atoms with E-state index in [0.29, 0.717) is 12.0 Å². The summed E-state index contributed by atoms with van der Waals surface area (Å²) in [5.74, 6) is -0.764. The molecule has 31 heavy (non-hydrogen) atoms. The minimum absolute atomic E-state index is 0.182. The maximum absolute atomic E-state index is 12.6. The Balaban J connectivity index is 1.67. The van der Waals surface area contributed by atoms with Gasteiger partial charge in [0.15, 0.2) is 6.29 Å². The van der Waals surface area contributed by atoms with Crippen molar-refractivity contribution < 1.29 is 24.9 Å². The van der Waals surface area contributed by atoms with E-state index in [1.165, 1.54) is 6.08 Å². The second kappa shape index (κ2) is 10.2. The molecule has 0 radical (unpaired) electrons. The molecule has 0 aromatic heterocycles. The molecular weight excluding hydrogens is 400 g/mol. The molecule has 2 fully saturated rings. The van der Waals surface area contributed by atoms with Crippen molar-refractivity contribution in [2.24, 2.45) is 0 Å². The van der Waals surface area contributed by atoms with Crippen LogP contribution in [0.1, 0.15) is 18.9 Å². The first-order valence-electron chi connectivity index (χ1n) is 10.5. The number of aliphatic hydroxyl groups is 3. The van der Waals surface area contributed by atoms with E-state index in [4.69, 9.17) is 4.74 Å². The van der Waals surface area contributed by atoms with Crippen LogP contribution in [0.5, 0.6) is 0 Å². The summed E-state index contributed by atoms with van der Waals surface area (Å²) in [7, 11) is 2.10. The number of nitriles is 1. The summed E-state index contributed by atoms with van der Waals surface area (Å²) >= 11 is 0. The van der Waals surface area contributed by atoms with Crippen molar-refractivity contribution in [2.75, 3.05) is 38.1 Å². The molecule has 1 aromatic rings. The smallest absolute Gasteiger partial charge is 0.262 e. The van der Waals surface area contributed by atoms with Crippen molar-refractivity contribution >= 4 is 17.7 Å². The molecule has 1 amide bonds. The van der Waals surface area contributed by atoms with E-state index in [0.717, 1.165) is 31.9 Å². The molecule has 2 saturated heterocycles.